The molecule has 2 aromatic heterocycles. The Labute approximate surface area is 112 Å². The Morgan fingerprint density at radius 2 is 2.21 bits per heavy atom. The zero-order valence-electron chi connectivity index (χ0n) is 11.1. The summed E-state index contributed by atoms with van der Waals surface area (Å²) >= 11 is 0. The Bertz CT molecular complexity index is 527. The van der Waals surface area contributed by atoms with Crippen molar-refractivity contribution in [1.29, 1.82) is 0 Å². The van der Waals surface area contributed by atoms with E-state index in [4.69, 9.17) is 9.52 Å². The fraction of sp³-hybridized carbons (Fsp3) is 0.385. The van der Waals surface area contributed by atoms with Gasteiger partial charge in [-0.1, -0.05) is 0 Å². The van der Waals surface area contributed by atoms with Gasteiger partial charge in [0.1, 0.15) is 29.5 Å². The Morgan fingerprint density at radius 1 is 1.37 bits per heavy atom. The molecule has 102 valence electrons. The first-order valence-corrected chi connectivity index (χ1v) is 6.12. The Kier molecular flexibility index (Phi) is 4.35. The summed E-state index contributed by atoms with van der Waals surface area (Å²) in [5, 5.41) is 11.8. The molecule has 6 heteroatoms. The SMILES string of the molecule is Cc1ccc(CN(C)c2cc(NCCO)ncn2)o1. The van der Waals surface area contributed by atoms with E-state index in [2.05, 4.69) is 15.3 Å². The van der Waals surface area contributed by atoms with Gasteiger partial charge in [-0.15, -0.1) is 0 Å². The molecule has 0 unspecified atom stereocenters. The smallest absolute Gasteiger partial charge is 0.134 e. The number of hydrogen-bond donors (Lipinski definition) is 2. The van der Waals surface area contributed by atoms with Crippen molar-refractivity contribution in [2.75, 3.05) is 30.4 Å². The normalized spacial score (nSPS) is 10.5. The van der Waals surface area contributed by atoms with Crippen LogP contribution in [0.4, 0.5) is 11.6 Å². The number of aliphatic hydroxyl groups excluding tert-OH is 1. The predicted octanol–water partition coefficient (Wildman–Crippen LogP) is 1.42. The lowest BCUT2D eigenvalue weighted by molar-refractivity contribution is 0.311. The van der Waals surface area contributed by atoms with Crippen molar-refractivity contribution in [3.63, 3.8) is 0 Å². The molecule has 0 saturated heterocycles. The molecule has 0 fully saturated rings. The fourth-order valence-corrected chi connectivity index (χ4v) is 1.72. The minimum atomic E-state index is 0.0703. The summed E-state index contributed by atoms with van der Waals surface area (Å²) in [6.07, 6.45) is 1.50. The molecule has 2 aromatic rings. The summed E-state index contributed by atoms with van der Waals surface area (Å²) in [7, 11) is 1.94. The van der Waals surface area contributed by atoms with E-state index in [9.17, 15) is 0 Å². The maximum Gasteiger partial charge on any atom is 0.134 e. The van der Waals surface area contributed by atoms with Crippen LogP contribution in [0.2, 0.25) is 0 Å². The van der Waals surface area contributed by atoms with Crippen LogP contribution in [0.1, 0.15) is 11.5 Å². The van der Waals surface area contributed by atoms with E-state index in [1.165, 1.54) is 6.33 Å². The van der Waals surface area contributed by atoms with Crippen LogP contribution in [0.15, 0.2) is 28.9 Å². The average molecular weight is 262 g/mol. The average Bonchev–Trinajstić information content (AvgIpc) is 2.82. The van der Waals surface area contributed by atoms with Crippen molar-refractivity contribution in [2.24, 2.45) is 0 Å². The van der Waals surface area contributed by atoms with Gasteiger partial charge in [0.15, 0.2) is 0 Å². The van der Waals surface area contributed by atoms with Crippen LogP contribution in [0.3, 0.4) is 0 Å². The second kappa shape index (κ2) is 6.19. The largest absolute Gasteiger partial charge is 0.464 e. The lowest BCUT2D eigenvalue weighted by Gasteiger charge is -2.17. The zero-order chi connectivity index (χ0) is 13.7. The first-order valence-electron chi connectivity index (χ1n) is 6.12. The van der Waals surface area contributed by atoms with Gasteiger partial charge in [-0.05, 0) is 19.1 Å². The van der Waals surface area contributed by atoms with Crippen molar-refractivity contribution in [1.82, 2.24) is 9.97 Å². The number of nitrogens with one attached hydrogen (secondary N) is 1. The van der Waals surface area contributed by atoms with Gasteiger partial charge >= 0.3 is 0 Å². The molecule has 0 radical (unpaired) electrons. The number of nitrogens with zero attached hydrogens (tertiary/aromatic N) is 3. The van der Waals surface area contributed by atoms with Crippen molar-refractivity contribution in [3.8, 4) is 0 Å². The summed E-state index contributed by atoms with van der Waals surface area (Å²) in [6.45, 7) is 3.10. The Morgan fingerprint density at radius 3 is 2.89 bits per heavy atom. The highest BCUT2D eigenvalue weighted by atomic mass is 16.3. The van der Waals surface area contributed by atoms with Crippen LogP contribution >= 0.6 is 0 Å². The quantitative estimate of drug-likeness (QED) is 0.820. The number of aromatic nitrogens is 2. The van der Waals surface area contributed by atoms with Gasteiger partial charge in [0.05, 0.1) is 13.2 Å². The standard InChI is InChI=1S/C13H18N4O2/c1-10-3-4-11(19-10)8-17(2)13-7-12(14-5-6-18)15-9-16-13/h3-4,7,9,18H,5-6,8H2,1-2H3,(H,14,15,16). The molecule has 0 aliphatic rings. The van der Waals surface area contributed by atoms with Gasteiger partial charge < -0.3 is 19.7 Å². The van der Waals surface area contributed by atoms with Gasteiger partial charge in [-0.2, -0.15) is 0 Å². The number of anilines is 2. The molecular weight excluding hydrogens is 244 g/mol. The minimum absolute atomic E-state index is 0.0703. The van der Waals surface area contributed by atoms with E-state index in [0.717, 1.165) is 17.3 Å². The van der Waals surface area contributed by atoms with Crippen molar-refractivity contribution < 1.29 is 9.52 Å². The highest BCUT2D eigenvalue weighted by Gasteiger charge is 2.07. The third-order valence-electron chi connectivity index (χ3n) is 2.65. The van der Waals surface area contributed by atoms with Crippen LogP contribution in [0.25, 0.3) is 0 Å². The topological polar surface area (TPSA) is 74.4 Å². The molecule has 0 aliphatic heterocycles. The van der Waals surface area contributed by atoms with Crippen LogP contribution < -0.4 is 10.2 Å². The van der Waals surface area contributed by atoms with Gasteiger partial charge in [-0.3, -0.25) is 0 Å². The number of furan rings is 1. The van der Waals surface area contributed by atoms with Gasteiger partial charge in [0, 0.05) is 19.7 Å². The van der Waals surface area contributed by atoms with Crippen LogP contribution in [0.5, 0.6) is 0 Å². The number of aryl methyl sites for hydroxylation is 1. The van der Waals surface area contributed by atoms with Gasteiger partial charge in [0.25, 0.3) is 0 Å². The highest BCUT2D eigenvalue weighted by molar-refractivity contribution is 5.47. The molecule has 6 nitrogen and oxygen atoms in total. The highest BCUT2D eigenvalue weighted by Crippen LogP contribution is 2.16. The predicted molar refractivity (Wildman–Crippen MR) is 73.2 cm³/mol. The third-order valence-corrected chi connectivity index (χ3v) is 2.65. The van der Waals surface area contributed by atoms with Gasteiger partial charge in [-0.25, -0.2) is 9.97 Å². The summed E-state index contributed by atoms with van der Waals surface area (Å²) in [6, 6.07) is 5.74. The summed E-state index contributed by atoms with van der Waals surface area (Å²) in [5.41, 5.74) is 0. The van der Waals surface area contributed by atoms with E-state index in [-0.39, 0.29) is 6.61 Å². The van der Waals surface area contributed by atoms with E-state index in [1.54, 1.807) is 0 Å². The van der Waals surface area contributed by atoms with Crippen LogP contribution in [-0.2, 0) is 6.54 Å². The maximum atomic E-state index is 8.77. The summed E-state index contributed by atoms with van der Waals surface area (Å²) in [4.78, 5) is 10.3. The molecule has 2 heterocycles. The second-order valence-corrected chi connectivity index (χ2v) is 4.28. The molecule has 2 N–H and O–H groups in total. The fourth-order valence-electron chi connectivity index (χ4n) is 1.72. The lowest BCUT2D eigenvalue weighted by atomic mass is 10.4. The first-order chi connectivity index (χ1) is 9.19. The lowest BCUT2D eigenvalue weighted by Crippen LogP contribution is -2.18. The third kappa shape index (κ3) is 3.69. The molecule has 0 amide bonds. The van der Waals surface area contributed by atoms with Crippen molar-refractivity contribution in [3.05, 3.63) is 36.0 Å². The molecule has 19 heavy (non-hydrogen) atoms. The molecule has 0 aliphatic carbocycles. The Hall–Kier alpha value is -2.08. The van der Waals surface area contributed by atoms with E-state index in [0.29, 0.717) is 18.9 Å². The molecule has 0 bridgehead atoms. The molecule has 2 rings (SSSR count). The molecule has 0 saturated carbocycles. The second-order valence-electron chi connectivity index (χ2n) is 4.28. The monoisotopic (exact) mass is 262 g/mol. The van der Waals surface area contributed by atoms with Crippen molar-refractivity contribution in [2.45, 2.75) is 13.5 Å². The number of hydrogen-bond acceptors (Lipinski definition) is 6. The van der Waals surface area contributed by atoms with E-state index in [1.807, 2.05) is 37.1 Å². The first kappa shape index (κ1) is 13.4. The summed E-state index contributed by atoms with van der Waals surface area (Å²) < 4.78 is 5.54. The maximum absolute atomic E-state index is 8.77. The Balaban J connectivity index is 2.03. The van der Waals surface area contributed by atoms with Crippen LogP contribution in [-0.4, -0.2) is 35.3 Å². The molecule has 0 aromatic carbocycles. The molecular formula is C13H18N4O2. The van der Waals surface area contributed by atoms with Gasteiger partial charge in [0.2, 0.25) is 0 Å². The number of aliphatic hydroxyl groups is 1. The summed E-state index contributed by atoms with van der Waals surface area (Å²) in [5.74, 6) is 3.28. The van der Waals surface area contributed by atoms with E-state index < -0.39 is 0 Å². The minimum Gasteiger partial charge on any atom is -0.464 e. The number of rotatable bonds is 6. The van der Waals surface area contributed by atoms with E-state index >= 15 is 0 Å². The van der Waals surface area contributed by atoms with Crippen molar-refractivity contribution >= 4 is 11.6 Å². The van der Waals surface area contributed by atoms with Crippen LogP contribution in [0, 0.1) is 6.92 Å². The molecule has 0 atom stereocenters. The zero-order valence-corrected chi connectivity index (χ0v) is 11.1. The molecule has 0 spiro atoms.